The number of hydrogen-bond donors (Lipinski definition) is 2. The molecule has 0 radical (unpaired) electrons. The van der Waals surface area contributed by atoms with Crippen molar-refractivity contribution in [2.45, 2.75) is 6.10 Å². The number of benzene rings is 1. The van der Waals surface area contributed by atoms with Gasteiger partial charge in [0.1, 0.15) is 24.0 Å². The smallest absolute Gasteiger partial charge is 0.341 e. The maximum atomic E-state index is 11.3. The zero-order chi connectivity index (χ0) is 12.0. The summed E-state index contributed by atoms with van der Waals surface area (Å²) >= 11 is 0. The summed E-state index contributed by atoms with van der Waals surface area (Å²) in [5, 5.41) is 17.7. The second-order valence-corrected chi connectivity index (χ2v) is 3.14. The van der Waals surface area contributed by atoms with Gasteiger partial charge in [0.15, 0.2) is 0 Å². The molecule has 0 fully saturated rings. The van der Waals surface area contributed by atoms with Crippen LogP contribution in [0.1, 0.15) is 10.4 Å². The Labute approximate surface area is 93.2 Å². The number of aliphatic hydroxyl groups excluding tert-OH is 2. The summed E-state index contributed by atoms with van der Waals surface area (Å²) in [6.07, 6.45) is -0.967. The van der Waals surface area contributed by atoms with E-state index in [0.29, 0.717) is 5.75 Å². The molecule has 5 nitrogen and oxygen atoms in total. The molecule has 1 aromatic rings. The van der Waals surface area contributed by atoms with Crippen LogP contribution < -0.4 is 4.74 Å². The van der Waals surface area contributed by atoms with Gasteiger partial charge in [-0.3, -0.25) is 0 Å². The lowest BCUT2D eigenvalue weighted by molar-refractivity contribution is 0.0503. The average molecular weight is 226 g/mol. The number of aliphatic hydroxyl groups is 2. The minimum Gasteiger partial charge on any atom is -0.490 e. The first-order valence-electron chi connectivity index (χ1n) is 4.78. The van der Waals surface area contributed by atoms with Crippen LogP contribution in [0.15, 0.2) is 24.3 Å². The van der Waals surface area contributed by atoms with Crippen LogP contribution >= 0.6 is 0 Å². The summed E-state index contributed by atoms with van der Waals surface area (Å²) in [5.74, 6) is -0.184. The predicted octanol–water partition coefficient (Wildman–Crippen LogP) is 0.205. The number of carbonyl (C=O) groups excluding carboxylic acids is 1. The third kappa shape index (κ3) is 3.22. The average Bonchev–Trinajstić information content (AvgIpc) is 2.35. The molecule has 0 spiro atoms. The molecule has 5 heteroatoms. The molecule has 16 heavy (non-hydrogen) atoms. The third-order valence-corrected chi connectivity index (χ3v) is 1.93. The molecule has 0 aromatic heterocycles. The van der Waals surface area contributed by atoms with Crippen LogP contribution in [-0.2, 0) is 4.74 Å². The Morgan fingerprint density at radius 1 is 1.44 bits per heavy atom. The van der Waals surface area contributed by atoms with E-state index in [1.54, 1.807) is 24.3 Å². The predicted molar refractivity (Wildman–Crippen MR) is 56.4 cm³/mol. The zero-order valence-electron chi connectivity index (χ0n) is 8.92. The van der Waals surface area contributed by atoms with Crippen molar-refractivity contribution < 1.29 is 24.5 Å². The highest BCUT2D eigenvalue weighted by Gasteiger charge is 2.13. The molecule has 0 aliphatic rings. The Bertz CT molecular complexity index is 350. The van der Waals surface area contributed by atoms with Gasteiger partial charge >= 0.3 is 5.97 Å². The van der Waals surface area contributed by atoms with Gasteiger partial charge in [-0.25, -0.2) is 4.79 Å². The van der Waals surface area contributed by atoms with E-state index in [9.17, 15) is 4.79 Å². The Hall–Kier alpha value is -1.59. The summed E-state index contributed by atoms with van der Waals surface area (Å²) in [4.78, 5) is 11.3. The van der Waals surface area contributed by atoms with Crippen molar-refractivity contribution in [1.29, 1.82) is 0 Å². The van der Waals surface area contributed by atoms with Gasteiger partial charge in [-0.2, -0.15) is 0 Å². The Balaban J connectivity index is 2.75. The molecule has 1 aromatic carbocycles. The molecule has 1 atom stereocenters. The van der Waals surface area contributed by atoms with Gasteiger partial charge in [0, 0.05) is 0 Å². The second-order valence-electron chi connectivity index (χ2n) is 3.14. The fourth-order valence-corrected chi connectivity index (χ4v) is 1.11. The van der Waals surface area contributed by atoms with Crippen molar-refractivity contribution in [3.8, 4) is 5.75 Å². The maximum Gasteiger partial charge on any atom is 0.341 e. The largest absolute Gasteiger partial charge is 0.490 e. The summed E-state index contributed by atoms with van der Waals surface area (Å²) in [7, 11) is 1.28. The van der Waals surface area contributed by atoms with E-state index >= 15 is 0 Å². The van der Waals surface area contributed by atoms with Gasteiger partial charge in [0.25, 0.3) is 0 Å². The van der Waals surface area contributed by atoms with E-state index < -0.39 is 12.1 Å². The van der Waals surface area contributed by atoms with Crippen LogP contribution in [0.4, 0.5) is 0 Å². The molecule has 88 valence electrons. The van der Waals surface area contributed by atoms with E-state index in [-0.39, 0.29) is 18.8 Å². The van der Waals surface area contributed by atoms with Crippen molar-refractivity contribution in [3.05, 3.63) is 29.8 Å². The van der Waals surface area contributed by atoms with E-state index in [0.717, 1.165) is 0 Å². The molecule has 0 saturated carbocycles. The monoisotopic (exact) mass is 226 g/mol. The number of ether oxygens (including phenoxy) is 2. The van der Waals surface area contributed by atoms with Crippen molar-refractivity contribution in [2.75, 3.05) is 20.3 Å². The summed E-state index contributed by atoms with van der Waals surface area (Å²) < 4.78 is 9.78. The lowest BCUT2D eigenvalue weighted by Gasteiger charge is -2.12. The molecule has 0 bridgehead atoms. The summed E-state index contributed by atoms with van der Waals surface area (Å²) in [5.41, 5.74) is 0.287. The minimum absolute atomic E-state index is 0.0789. The topological polar surface area (TPSA) is 76.0 Å². The van der Waals surface area contributed by atoms with Crippen LogP contribution in [0, 0.1) is 0 Å². The van der Waals surface area contributed by atoms with Gasteiger partial charge in [-0.15, -0.1) is 0 Å². The molecule has 0 aliphatic carbocycles. The number of hydrogen-bond acceptors (Lipinski definition) is 5. The van der Waals surface area contributed by atoms with Gasteiger partial charge < -0.3 is 19.7 Å². The quantitative estimate of drug-likeness (QED) is 0.702. The maximum absolute atomic E-state index is 11.3. The van der Waals surface area contributed by atoms with Crippen LogP contribution in [0.2, 0.25) is 0 Å². The number of rotatable bonds is 5. The summed E-state index contributed by atoms with van der Waals surface area (Å²) in [6.45, 7) is -0.467. The fourth-order valence-electron chi connectivity index (χ4n) is 1.11. The second kappa shape index (κ2) is 6.09. The first-order valence-corrected chi connectivity index (χ1v) is 4.78. The normalized spacial score (nSPS) is 11.9. The van der Waals surface area contributed by atoms with Crippen LogP contribution in [0.3, 0.4) is 0 Å². The van der Waals surface area contributed by atoms with Crippen molar-refractivity contribution in [1.82, 2.24) is 0 Å². The molecule has 2 N–H and O–H groups in total. The molecular weight excluding hydrogens is 212 g/mol. The highest BCUT2D eigenvalue weighted by atomic mass is 16.5. The highest BCUT2D eigenvalue weighted by Crippen LogP contribution is 2.18. The Kier molecular flexibility index (Phi) is 4.75. The number of esters is 1. The van der Waals surface area contributed by atoms with Crippen molar-refractivity contribution in [2.24, 2.45) is 0 Å². The number of carbonyl (C=O) groups is 1. The first kappa shape index (κ1) is 12.5. The van der Waals surface area contributed by atoms with E-state index in [4.69, 9.17) is 14.9 Å². The zero-order valence-corrected chi connectivity index (χ0v) is 8.92. The molecular formula is C11H14O5. The van der Waals surface area contributed by atoms with Crippen molar-refractivity contribution >= 4 is 5.97 Å². The third-order valence-electron chi connectivity index (χ3n) is 1.93. The fraction of sp³-hybridized carbons (Fsp3) is 0.364. The van der Waals surface area contributed by atoms with E-state index in [1.807, 2.05) is 0 Å². The van der Waals surface area contributed by atoms with E-state index in [2.05, 4.69) is 4.74 Å². The first-order chi connectivity index (χ1) is 7.69. The summed E-state index contributed by atoms with van der Waals surface area (Å²) in [6, 6.07) is 6.54. The molecule has 1 unspecified atom stereocenters. The number of methoxy groups -OCH3 is 1. The van der Waals surface area contributed by atoms with Crippen molar-refractivity contribution in [3.63, 3.8) is 0 Å². The molecule has 0 saturated heterocycles. The van der Waals surface area contributed by atoms with Gasteiger partial charge in [0.2, 0.25) is 0 Å². The lowest BCUT2D eigenvalue weighted by Crippen LogP contribution is -2.22. The van der Waals surface area contributed by atoms with Gasteiger partial charge in [-0.05, 0) is 12.1 Å². The molecule has 0 heterocycles. The number of para-hydroxylation sites is 1. The van der Waals surface area contributed by atoms with Gasteiger partial charge in [-0.1, -0.05) is 12.1 Å². The van der Waals surface area contributed by atoms with E-state index in [1.165, 1.54) is 7.11 Å². The minimum atomic E-state index is -0.967. The molecule has 0 amide bonds. The highest BCUT2D eigenvalue weighted by molar-refractivity contribution is 5.92. The van der Waals surface area contributed by atoms with Crippen LogP contribution in [0.25, 0.3) is 0 Å². The Morgan fingerprint density at radius 2 is 2.12 bits per heavy atom. The van der Waals surface area contributed by atoms with Crippen LogP contribution in [0.5, 0.6) is 5.75 Å². The lowest BCUT2D eigenvalue weighted by atomic mass is 10.2. The Morgan fingerprint density at radius 3 is 2.75 bits per heavy atom. The standard InChI is InChI=1S/C11H14O5/c1-15-11(14)9-4-2-3-5-10(9)16-7-8(13)6-12/h2-5,8,12-13H,6-7H2,1H3. The molecule has 1 rings (SSSR count). The molecule has 0 aliphatic heterocycles. The SMILES string of the molecule is COC(=O)c1ccccc1OCC(O)CO. The van der Waals surface area contributed by atoms with Crippen LogP contribution in [-0.4, -0.2) is 42.6 Å². The van der Waals surface area contributed by atoms with Gasteiger partial charge in [0.05, 0.1) is 13.7 Å².